The van der Waals surface area contributed by atoms with Crippen molar-refractivity contribution in [2.24, 2.45) is 12.5 Å². The lowest BCUT2D eigenvalue weighted by atomic mass is 9.83. The van der Waals surface area contributed by atoms with Gasteiger partial charge >= 0.3 is 5.97 Å². The molecule has 1 fully saturated rings. The molecule has 1 aromatic carbocycles. The Kier molecular flexibility index (Phi) is 5.12. The van der Waals surface area contributed by atoms with Crippen LogP contribution in [0.4, 0.5) is 21.8 Å². The van der Waals surface area contributed by atoms with Crippen LogP contribution in [0.25, 0.3) is 10.9 Å². The van der Waals surface area contributed by atoms with Crippen molar-refractivity contribution >= 4 is 34.3 Å². The number of aromatic nitrogens is 3. The summed E-state index contributed by atoms with van der Waals surface area (Å²) in [6, 6.07) is 5.24. The lowest BCUT2D eigenvalue weighted by molar-refractivity contribution is 0.0697. The summed E-state index contributed by atoms with van der Waals surface area (Å²) in [5.74, 6) is -1.25. The van der Waals surface area contributed by atoms with Crippen molar-refractivity contribution < 1.29 is 14.3 Å². The largest absolute Gasteiger partial charge is 0.478 e. The first kappa shape index (κ1) is 20.8. The molecule has 0 radical (unpaired) electrons. The number of hydrogen-bond donors (Lipinski definition) is 2. The third-order valence-electron chi connectivity index (χ3n) is 5.81. The van der Waals surface area contributed by atoms with Gasteiger partial charge in [-0.2, -0.15) is 0 Å². The lowest BCUT2D eigenvalue weighted by Crippen LogP contribution is -2.40. The van der Waals surface area contributed by atoms with Crippen LogP contribution in [0.2, 0.25) is 0 Å². The summed E-state index contributed by atoms with van der Waals surface area (Å²) >= 11 is 0. The zero-order valence-corrected chi connectivity index (χ0v) is 17.6. The minimum absolute atomic E-state index is 0.0469. The molecule has 0 bridgehead atoms. The van der Waals surface area contributed by atoms with E-state index in [0.717, 1.165) is 32.0 Å². The molecule has 31 heavy (non-hydrogen) atoms. The van der Waals surface area contributed by atoms with Gasteiger partial charge in [0.05, 0.1) is 11.1 Å². The third kappa shape index (κ3) is 3.95. The Labute approximate surface area is 178 Å². The first-order valence-electron chi connectivity index (χ1n) is 10.1. The quantitative estimate of drug-likeness (QED) is 0.659. The Morgan fingerprint density at radius 1 is 1.26 bits per heavy atom. The smallest absolute Gasteiger partial charge is 0.339 e. The van der Waals surface area contributed by atoms with Gasteiger partial charge in [0, 0.05) is 26.3 Å². The molecule has 1 aliphatic heterocycles. The Bertz CT molecular complexity index is 1230. The van der Waals surface area contributed by atoms with Gasteiger partial charge in [0.25, 0.3) is 5.56 Å². The topological polar surface area (TPSA) is 100 Å². The summed E-state index contributed by atoms with van der Waals surface area (Å²) < 4.78 is 15.8. The fraction of sp³-hybridized carbons (Fsp3) is 0.364. The highest BCUT2D eigenvalue weighted by molar-refractivity contribution is 5.97. The van der Waals surface area contributed by atoms with E-state index in [-0.39, 0.29) is 38.9 Å². The molecular formula is C22H24FN5O3. The van der Waals surface area contributed by atoms with E-state index in [1.165, 1.54) is 29.0 Å². The van der Waals surface area contributed by atoms with Gasteiger partial charge < -0.3 is 15.3 Å². The minimum Gasteiger partial charge on any atom is -0.478 e. The van der Waals surface area contributed by atoms with E-state index in [0.29, 0.717) is 5.95 Å². The number of benzene rings is 1. The van der Waals surface area contributed by atoms with E-state index in [1.807, 2.05) is 0 Å². The summed E-state index contributed by atoms with van der Waals surface area (Å²) in [7, 11) is 1.63. The number of nitrogens with one attached hydrogen (secondary N) is 1. The van der Waals surface area contributed by atoms with Crippen LogP contribution >= 0.6 is 0 Å². The first-order valence-corrected chi connectivity index (χ1v) is 10.1. The summed E-state index contributed by atoms with van der Waals surface area (Å²) in [5.41, 5.74) is 0.252. The highest BCUT2D eigenvalue weighted by atomic mass is 19.1. The highest BCUT2D eigenvalue weighted by Gasteiger charge is 2.28. The number of carboxylic acids is 1. The molecule has 0 amide bonds. The number of halogens is 1. The number of piperidine rings is 1. The molecular weight excluding hydrogens is 401 g/mol. The first-order chi connectivity index (χ1) is 14.7. The number of aromatic carboxylic acids is 1. The van der Waals surface area contributed by atoms with Gasteiger partial charge in [0.2, 0.25) is 5.95 Å². The molecule has 2 N–H and O–H groups in total. The van der Waals surface area contributed by atoms with Crippen molar-refractivity contribution in [3.8, 4) is 0 Å². The van der Waals surface area contributed by atoms with Crippen LogP contribution in [0.5, 0.6) is 0 Å². The molecule has 8 nitrogen and oxygen atoms in total. The number of carboxylic acid groups (broad SMARTS) is 1. The molecule has 0 saturated carbocycles. The van der Waals surface area contributed by atoms with Crippen LogP contribution in [0.3, 0.4) is 0 Å². The van der Waals surface area contributed by atoms with Gasteiger partial charge in [-0.15, -0.1) is 0 Å². The van der Waals surface area contributed by atoms with Gasteiger partial charge in [0.1, 0.15) is 22.7 Å². The second-order valence-electron chi connectivity index (χ2n) is 8.61. The monoisotopic (exact) mass is 425 g/mol. The van der Waals surface area contributed by atoms with Crippen molar-refractivity contribution in [3.05, 3.63) is 52.2 Å². The number of rotatable bonds is 4. The predicted molar refractivity (Wildman–Crippen MR) is 117 cm³/mol. The maximum atomic E-state index is 14.3. The van der Waals surface area contributed by atoms with Gasteiger partial charge in [-0.05, 0) is 42.5 Å². The van der Waals surface area contributed by atoms with Crippen LogP contribution in [-0.4, -0.2) is 38.7 Å². The summed E-state index contributed by atoms with van der Waals surface area (Å²) in [6.45, 7) is 5.95. The van der Waals surface area contributed by atoms with Crippen molar-refractivity contribution in [2.45, 2.75) is 26.7 Å². The molecule has 1 saturated heterocycles. The van der Waals surface area contributed by atoms with Gasteiger partial charge in [-0.3, -0.25) is 9.36 Å². The Morgan fingerprint density at radius 3 is 2.65 bits per heavy atom. The fourth-order valence-corrected chi connectivity index (χ4v) is 3.82. The zero-order valence-electron chi connectivity index (χ0n) is 17.6. The second kappa shape index (κ2) is 7.64. The number of fused-ring (bicyclic) bond motifs is 1. The van der Waals surface area contributed by atoms with Gasteiger partial charge in [-0.1, -0.05) is 13.8 Å². The van der Waals surface area contributed by atoms with Crippen molar-refractivity contribution in [1.82, 2.24) is 14.5 Å². The predicted octanol–water partition coefficient (Wildman–Crippen LogP) is 3.54. The van der Waals surface area contributed by atoms with E-state index in [1.54, 1.807) is 7.05 Å². The average molecular weight is 425 g/mol. The third-order valence-corrected chi connectivity index (χ3v) is 5.81. The van der Waals surface area contributed by atoms with Crippen molar-refractivity contribution in [3.63, 3.8) is 0 Å². The maximum absolute atomic E-state index is 14.3. The van der Waals surface area contributed by atoms with Crippen LogP contribution in [-0.2, 0) is 7.05 Å². The molecule has 4 rings (SSSR count). The normalized spacial score (nSPS) is 15.8. The molecule has 3 aromatic rings. The number of pyridine rings is 1. The van der Waals surface area contributed by atoms with E-state index in [4.69, 9.17) is 4.98 Å². The molecule has 162 valence electrons. The van der Waals surface area contributed by atoms with Gasteiger partial charge in [-0.25, -0.2) is 19.2 Å². The van der Waals surface area contributed by atoms with Crippen molar-refractivity contribution in [2.75, 3.05) is 23.3 Å². The fourth-order valence-electron chi connectivity index (χ4n) is 3.82. The van der Waals surface area contributed by atoms with E-state index >= 15 is 0 Å². The Morgan fingerprint density at radius 2 is 1.97 bits per heavy atom. The minimum atomic E-state index is -1.17. The lowest BCUT2D eigenvalue weighted by Gasteiger charge is -2.37. The molecule has 2 aromatic heterocycles. The average Bonchev–Trinajstić information content (AvgIpc) is 2.71. The summed E-state index contributed by atoms with van der Waals surface area (Å²) in [4.78, 5) is 35.4. The molecule has 3 heterocycles. The van der Waals surface area contributed by atoms with Gasteiger partial charge in [0.15, 0.2) is 0 Å². The molecule has 9 heteroatoms. The summed E-state index contributed by atoms with van der Waals surface area (Å²) in [6.07, 6.45) is 3.36. The molecule has 0 unspecified atom stereocenters. The highest BCUT2D eigenvalue weighted by Crippen LogP contribution is 2.32. The standard InChI is InChI=1S/C22H24FN5O3/c1-22(2)6-9-28(10-7-22)21-26-17-15(19(29)27(21)3)11-13(23)12-16(17)25-18-14(20(30)31)5-4-8-24-18/h4-5,8,11-12H,6-7,9-10H2,1-3H3,(H,24,25)(H,30,31). The zero-order chi connectivity index (χ0) is 22.3. The summed E-state index contributed by atoms with van der Waals surface area (Å²) in [5, 5.41) is 12.4. The Balaban J connectivity index is 1.84. The van der Waals surface area contributed by atoms with Crippen LogP contribution < -0.4 is 15.8 Å². The number of anilines is 3. The maximum Gasteiger partial charge on any atom is 0.339 e. The van der Waals surface area contributed by atoms with E-state index in [2.05, 4.69) is 29.0 Å². The van der Waals surface area contributed by atoms with Crippen LogP contribution in [0, 0.1) is 11.2 Å². The van der Waals surface area contributed by atoms with Crippen LogP contribution in [0.1, 0.15) is 37.0 Å². The van der Waals surface area contributed by atoms with Crippen LogP contribution in [0.15, 0.2) is 35.3 Å². The van der Waals surface area contributed by atoms with Crippen molar-refractivity contribution in [1.29, 1.82) is 0 Å². The number of carbonyl (C=O) groups is 1. The Hall–Kier alpha value is -3.49. The number of hydrogen-bond acceptors (Lipinski definition) is 6. The SMILES string of the molecule is Cn1c(N2CCC(C)(C)CC2)nc2c(Nc3ncccc3C(=O)O)cc(F)cc2c1=O. The molecule has 0 spiro atoms. The molecule has 1 aliphatic rings. The second-order valence-corrected chi connectivity index (χ2v) is 8.61. The number of nitrogens with zero attached hydrogens (tertiary/aromatic N) is 4. The van der Waals surface area contributed by atoms with E-state index < -0.39 is 11.8 Å². The molecule has 0 atom stereocenters. The van der Waals surface area contributed by atoms with E-state index in [9.17, 15) is 19.1 Å². The molecule has 0 aliphatic carbocycles.